The number of nitro benzene ring substituents is 1. The van der Waals surface area contributed by atoms with Crippen molar-refractivity contribution < 1.29 is 14.4 Å². The lowest BCUT2D eigenvalue weighted by Crippen LogP contribution is -2.40. The molecule has 0 spiro atoms. The molecule has 1 aromatic rings. The molecule has 1 aliphatic heterocycles. The molecule has 1 aliphatic rings. The highest BCUT2D eigenvalue weighted by Crippen LogP contribution is 2.34. The summed E-state index contributed by atoms with van der Waals surface area (Å²) in [5.74, 6) is 1.03. The van der Waals surface area contributed by atoms with Gasteiger partial charge in [0.05, 0.1) is 11.0 Å². The predicted molar refractivity (Wildman–Crippen MR) is 78.0 cm³/mol. The van der Waals surface area contributed by atoms with Gasteiger partial charge in [-0.15, -0.1) is 12.4 Å². The predicted octanol–water partition coefficient (Wildman–Crippen LogP) is 2.50. The zero-order valence-corrected chi connectivity index (χ0v) is 12.4. The highest BCUT2D eigenvalue weighted by Gasteiger charge is 2.24. The number of nitrogens with zero attached hydrogens (tertiary/aromatic N) is 2. The van der Waals surface area contributed by atoms with Crippen molar-refractivity contribution >= 4 is 18.1 Å². The molecule has 0 bridgehead atoms. The van der Waals surface area contributed by atoms with Crippen molar-refractivity contribution in [1.82, 2.24) is 4.90 Å². The minimum Gasteiger partial charge on any atom is -0.486 e. The van der Waals surface area contributed by atoms with Crippen LogP contribution in [-0.2, 0) is 0 Å². The van der Waals surface area contributed by atoms with Crippen LogP contribution >= 0.6 is 12.4 Å². The molecule has 0 aliphatic carbocycles. The van der Waals surface area contributed by atoms with E-state index in [2.05, 4.69) is 18.7 Å². The van der Waals surface area contributed by atoms with Gasteiger partial charge in [-0.25, -0.2) is 0 Å². The topological polar surface area (TPSA) is 64.8 Å². The van der Waals surface area contributed by atoms with Crippen LogP contribution in [0.1, 0.15) is 13.8 Å². The molecule has 1 atom stereocenters. The van der Waals surface area contributed by atoms with Crippen molar-refractivity contribution in [3.63, 3.8) is 0 Å². The Hall–Kier alpha value is -1.53. The Kier molecular flexibility index (Phi) is 6.04. The van der Waals surface area contributed by atoms with Crippen LogP contribution in [0.25, 0.3) is 0 Å². The molecule has 0 aromatic heterocycles. The van der Waals surface area contributed by atoms with Crippen LogP contribution in [0.15, 0.2) is 18.2 Å². The zero-order chi connectivity index (χ0) is 13.8. The monoisotopic (exact) mass is 302 g/mol. The lowest BCUT2D eigenvalue weighted by atomic mass is 10.2. The van der Waals surface area contributed by atoms with E-state index in [0.29, 0.717) is 18.1 Å². The molecular formula is C13H19ClN2O4. The highest BCUT2D eigenvalue weighted by molar-refractivity contribution is 5.85. The van der Waals surface area contributed by atoms with Gasteiger partial charge in [-0.3, -0.25) is 10.1 Å². The number of halogens is 1. The van der Waals surface area contributed by atoms with Gasteiger partial charge in [0, 0.05) is 12.6 Å². The smallest absolute Gasteiger partial charge is 0.273 e. The maximum Gasteiger partial charge on any atom is 0.273 e. The van der Waals surface area contributed by atoms with Crippen molar-refractivity contribution in [2.75, 3.05) is 26.2 Å². The number of benzene rings is 1. The van der Waals surface area contributed by atoms with Crippen molar-refractivity contribution in [2.45, 2.75) is 20.0 Å². The number of nitro groups is 1. The average Bonchev–Trinajstić information content (AvgIpc) is 2.43. The molecular weight excluding hydrogens is 284 g/mol. The van der Waals surface area contributed by atoms with Crippen LogP contribution in [0.2, 0.25) is 0 Å². The lowest BCUT2D eigenvalue weighted by molar-refractivity contribution is -0.385. The van der Waals surface area contributed by atoms with Gasteiger partial charge in [0.15, 0.2) is 11.5 Å². The third-order valence-electron chi connectivity index (χ3n) is 3.21. The van der Waals surface area contributed by atoms with Gasteiger partial charge in [-0.1, -0.05) is 13.8 Å². The average molecular weight is 303 g/mol. The molecule has 0 saturated heterocycles. The van der Waals surface area contributed by atoms with E-state index >= 15 is 0 Å². The summed E-state index contributed by atoms with van der Waals surface area (Å²) in [5.41, 5.74) is 0.0193. The molecule has 0 saturated carbocycles. The Bertz CT molecular complexity index is 466. The standard InChI is InChI=1S/C13H18N2O4.ClH/c1-3-14(4-2)8-11-9-18-12-6-5-10(15(16)17)7-13(12)19-11;/h5-7,11H,3-4,8-9H2,1-2H3;1H. The van der Waals surface area contributed by atoms with Crippen molar-refractivity contribution in [3.05, 3.63) is 28.3 Å². The first-order valence-electron chi connectivity index (χ1n) is 6.44. The quantitative estimate of drug-likeness (QED) is 0.617. The summed E-state index contributed by atoms with van der Waals surface area (Å²) >= 11 is 0. The van der Waals surface area contributed by atoms with E-state index in [9.17, 15) is 10.1 Å². The molecule has 1 aromatic carbocycles. The Balaban J connectivity index is 0.00000200. The van der Waals surface area contributed by atoms with E-state index in [1.54, 1.807) is 6.07 Å². The van der Waals surface area contributed by atoms with Crippen LogP contribution in [0.3, 0.4) is 0 Å². The van der Waals surface area contributed by atoms with Crippen LogP contribution in [-0.4, -0.2) is 42.2 Å². The Morgan fingerprint density at radius 2 is 2.05 bits per heavy atom. The third kappa shape index (κ3) is 3.74. The fraction of sp³-hybridized carbons (Fsp3) is 0.538. The first-order valence-corrected chi connectivity index (χ1v) is 6.44. The second kappa shape index (κ2) is 7.31. The summed E-state index contributed by atoms with van der Waals surface area (Å²) in [6.07, 6.45) is -0.0885. The molecule has 1 unspecified atom stereocenters. The largest absolute Gasteiger partial charge is 0.486 e. The van der Waals surface area contributed by atoms with E-state index in [4.69, 9.17) is 9.47 Å². The van der Waals surface area contributed by atoms with Gasteiger partial charge in [-0.2, -0.15) is 0 Å². The van der Waals surface area contributed by atoms with Crippen LogP contribution in [0.4, 0.5) is 5.69 Å². The first-order chi connectivity index (χ1) is 9.13. The molecule has 2 rings (SSSR count). The Morgan fingerprint density at radius 1 is 1.35 bits per heavy atom. The number of non-ortho nitro benzene ring substituents is 1. The summed E-state index contributed by atoms with van der Waals surface area (Å²) in [7, 11) is 0. The van der Waals surface area contributed by atoms with Gasteiger partial charge in [0.1, 0.15) is 12.7 Å². The maximum absolute atomic E-state index is 10.7. The summed E-state index contributed by atoms with van der Waals surface area (Å²) in [4.78, 5) is 12.5. The minimum atomic E-state index is -0.433. The van der Waals surface area contributed by atoms with Gasteiger partial charge >= 0.3 is 0 Å². The fourth-order valence-corrected chi connectivity index (χ4v) is 2.08. The summed E-state index contributed by atoms with van der Waals surface area (Å²) < 4.78 is 11.4. The maximum atomic E-state index is 10.7. The molecule has 6 nitrogen and oxygen atoms in total. The number of hydrogen-bond acceptors (Lipinski definition) is 5. The second-order valence-corrected chi connectivity index (χ2v) is 4.42. The van der Waals surface area contributed by atoms with Crippen molar-refractivity contribution in [2.24, 2.45) is 0 Å². The Labute approximate surface area is 124 Å². The van der Waals surface area contributed by atoms with Crippen LogP contribution < -0.4 is 9.47 Å². The summed E-state index contributed by atoms with van der Waals surface area (Å²) in [5, 5.41) is 10.7. The fourth-order valence-electron chi connectivity index (χ4n) is 2.08. The first kappa shape index (κ1) is 16.5. The third-order valence-corrected chi connectivity index (χ3v) is 3.21. The molecule has 0 amide bonds. The van der Waals surface area contributed by atoms with Gasteiger partial charge in [0.25, 0.3) is 5.69 Å². The van der Waals surface area contributed by atoms with Gasteiger partial charge in [0.2, 0.25) is 0 Å². The van der Waals surface area contributed by atoms with E-state index in [0.717, 1.165) is 19.6 Å². The molecule has 0 fully saturated rings. The van der Waals surface area contributed by atoms with Crippen LogP contribution in [0, 0.1) is 10.1 Å². The van der Waals surface area contributed by atoms with Crippen molar-refractivity contribution in [1.29, 1.82) is 0 Å². The number of hydrogen-bond donors (Lipinski definition) is 0. The number of rotatable bonds is 5. The SMILES string of the molecule is CCN(CC)CC1COc2ccc([N+](=O)[O-])cc2O1.Cl. The van der Waals surface area contributed by atoms with Gasteiger partial charge in [-0.05, 0) is 19.2 Å². The van der Waals surface area contributed by atoms with Gasteiger partial charge < -0.3 is 14.4 Å². The minimum absolute atomic E-state index is 0. The van der Waals surface area contributed by atoms with Crippen molar-refractivity contribution in [3.8, 4) is 11.5 Å². The summed E-state index contributed by atoms with van der Waals surface area (Å²) in [6, 6.07) is 4.43. The highest BCUT2D eigenvalue weighted by atomic mass is 35.5. The molecule has 0 N–H and O–H groups in total. The summed E-state index contributed by atoms with van der Waals surface area (Å²) in [6.45, 7) is 7.30. The van der Waals surface area contributed by atoms with E-state index in [1.165, 1.54) is 12.1 Å². The molecule has 20 heavy (non-hydrogen) atoms. The van der Waals surface area contributed by atoms with E-state index in [-0.39, 0.29) is 24.2 Å². The Morgan fingerprint density at radius 3 is 2.65 bits per heavy atom. The number of fused-ring (bicyclic) bond motifs is 1. The molecule has 7 heteroatoms. The molecule has 112 valence electrons. The molecule has 0 radical (unpaired) electrons. The molecule has 1 heterocycles. The lowest BCUT2D eigenvalue weighted by Gasteiger charge is -2.30. The van der Waals surface area contributed by atoms with Crippen LogP contribution in [0.5, 0.6) is 11.5 Å². The van der Waals surface area contributed by atoms with E-state index < -0.39 is 4.92 Å². The number of ether oxygens (including phenoxy) is 2. The zero-order valence-electron chi connectivity index (χ0n) is 11.6. The van der Waals surface area contributed by atoms with E-state index in [1.807, 2.05) is 0 Å². The second-order valence-electron chi connectivity index (χ2n) is 4.42. The number of likely N-dealkylation sites (N-methyl/N-ethyl adjacent to an activating group) is 1. The normalized spacial score (nSPS) is 16.6.